The van der Waals surface area contributed by atoms with Gasteiger partial charge in [0, 0.05) is 32.3 Å². The molecule has 1 N–H and O–H groups in total. The van der Waals surface area contributed by atoms with Crippen LogP contribution in [0.4, 0.5) is 11.4 Å². The number of halogens is 1. The first kappa shape index (κ1) is 15.5. The molecule has 0 aliphatic carbocycles. The van der Waals surface area contributed by atoms with Gasteiger partial charge in [-0.05, 0) is 12.8 Å². The van der Waals surface area contributed by atoms with Gasteiger partial charge in [0.05, 0.1) is 27.3 Å². The highest BCUT2D eigenvalue weighted by molar-refractivity contribution is 6.34. The van der Waals surface area contributed by atoms with Crippen LogP contribution in [0.25, 0.3) is 0 Å². The van der Waals surface area contributed by atoms with Crippen LogP contribution in [0.1, 0.15) is 23.2 Å². The lowest BCUT2D eigenvalue weighted by Gasteiger charge is -2.34. The van der Waals surface area contributed by atoms with Crippen LogP contribution in [-0.2, 0) is 4.74 Å². The van der Waals surface area contributed by atoms with Crippen molar-refractivity contribution in [1.82, 2.24) is 0 Å². The van der Waals surface area contributed by atoms with E-state index in [1.54, 1.807) is 7.11 Å². The number of hydrogen-bond donors (Lipinski definition) is 1. The van der Waals surface area contributed by atoms with Crippen LogP contribution in [0, 0.1) is 10.1 Å². The number of hydrogen-bond acceptors (Lipinski definition) is 5. The molecule has 0 spiro atoms. The number of carbonyl (C=O) groups is 1. The Morgan fingerprint density at radius 2 is 2.10 bits per heavy atom. The number of nitro groups is 1. The summed E-state index contributed by atoms with van der Waals surface area (Å²) < 4.78 is 5.27. The Morgan fingerprint density at radius 3 is 2.57 bits per heavy atom. The van der Waals surface area contributed by atoms with E-state index in [1.807, 2.05) is 4.90 Å². The van der Waals surface area contributed by atoms with Crippen molar-refractivity contribution in [2.75, 3.05) is 25.1 Å². The maximum atomic E-state index is 11.4. The first-order chi connectivity index (χ1) is 9.93. The summed E-state index contributed by atoms with van der Waals surface area (Å²) in [4.78, 5) is 23.4. The van der Waals surface area contributed by atoms with Gasteiger partial charge in [-0.2, -0.15) is 0 Å². The zero-order chi connectivity index (χ0) is 15.6. The molecular weight excluding hydrogens is 300 g/mol. The smallest absolute Gasteiger partial charge is 0.338 e. The van der Waals surface area contributed by atoms with Gasteiger partial charge in [0.1, 0.15) is 0 Å². The molecule has 2 rings (SSSR count). The number of anilines is 1. The van der Waals surface area contributed by atoms with E-state index in [0.717, 1.165) is 18.9 Å². The lowest BCUT2D eigenvalue weighted by molar-refractivity contribution is -0.384. The third-order valence-corrected chi connectivity index (χ3v) is 3.87. The van der Waals surface area contributed by atoms with Crippen molar-refractivity contribution < 1.29 is 19.6 Å². The number of carboxylic acids is 1. The van der Waals surface area contributed by atoms with Gasteiger partial charge in [-0.1, -0.05) is 11.6 Å². The Balaban J connectivity index is 2.39. The summed E-state index contributed by atoms with van der Waals surface area (Å²) in [6.07, 6.45) is 1.65. The van der Waals surface area contributed by atoms with E-state index in [1.165, 1.54) is 6.07 Å². The maximum absolute atomic E-state index is 11.4. The quantitative estimate of drug-likeness (QED) is 0.678. The molecule has 0 radical (unpaired) electrons. The van der Waals surface area contributed by atoms with Crippen LogP contribution < -0.4 is 4.90 Å². The molecule has 0 saturated carbocycles. The monoisotopic (exact) mass is 314 g/mol. The second kappa shape index (κ2) is 6.28. The molecule has 1 heterocycles. The summed E-state index contributed by atoms with van der Waals surface area (Å²) in [5.41, 5.74) is -0.137. The van der Waals surface area contributed by atoms with Crippen LogP contribution in [0.2, 0.25) is 5.02 Å². The lowest BCUT2D eigenvalue weighted by Crippen LogP contribution is -2.37. The van der Waals surface area contributed by atoms with E-state index >= 15 is 0 Å². The summed E-state index contributed by atoms with van der Waals surface area (Å²) in [6, 6.07) is 2.23. The van der Waals surface area contributed by atoms with E-state index in [0.29, 0.717) is 18.8 Å². The molecule has 1 aromatic carbocycles. The molecule has 0 unspecified atom stereocenters. The second-order valence-corrected chi connectivity index (χ2v) is 5.22. The van der Waals surface area contributed by atoms with Crippen molar-refractivity contribution in [2.24, 2.45) is 0 Å². The fraction of sp³-hybridized carbons (Fsp3) is 0.462. The highest BCUT2D eigenvalue weighted by Crippen LogP contribution is 2.36. The number of benzene rings is 1. The molecular formula is C13H15ClN2O5. The maximum Gasteiger partial charge on any atom is 0.338 e. The van der Waals surface area contributed by atoms with Gasteiger partial charge in [0.15, 0.2) is 0 Å². The molecule has 1 aliphatic rings. The van der Waals surface area contributed by atoms with E-state index < -0.39 is 10.9 Å². The number of aromatic carboxylic acids is 1. The zero-order valence-corrected chi connectivity index (χ0v) is 12.2. The minimum absolute atomic E-state index is 0.0810. The van der Waals surface area contributed by atoms with Crippen LogP contribution in [0.5, 0.6) is 0 Å². The summed E-state index contributed by atoms with van der Waals surface area (Å²) >= 11 is 6.09. The first-order valence-electron chi connectivity index (χ1n) is 6.43. The molecule has 1 fully saturated rings. The number of carboxylic acid groups (broad SMARTS) is 1. The largest absolute Gasteiger partial charge is 0.478 e. The Morgan fingerprint density at radius 1 is 1.48 bits per heavy atom. The Bertz CT molecular complexity index is 570. The minimum Gasteiger partial charge on any atom is -0.478 e. The van der Waals surface area contributed by atoms with Crippen molar-refractivity contribution in [3.63, 3.8) is 0 Å². The summed E-state index contributed by atoms with van der Waals surface area (Å²) in [5, 5.41) is 20.2. The third kappa shape index (κ3) is 3.25. The summed E-state index contributed by atoms with van der Waals surface area (Å²) in [7, 11) is 1.64. The van der Waals surface area contributed by atoms with Crippen molar-refractivity contribution >= 4 is 28.9 Å². The van der Waals surface area contributed by atoms with Crippen LogP contribution in [0.3, 0.4) is 0 Å². The average Bonchev–Trinajstić information content (AvgIpc) is 2.46. The number of methoxy groups -OCH3 is 1. The lowest BCUT2D eigenvalue weighted by atomic mass is 10.0. The van der Waals surface area contributed by atoms with Crippen molar-refractivity contribution in [1.29, 1.82) is 0 Å². The van der Waals surface area contributed by atoms with E-state index in [4.69, 9.17) is 16.3 Å². The van der Waals surface area contributed by atoms with E-state index in [2.05, 4.69) is 0 Å². The number of piperidine rings is 1. The van der Waals surface area contributed by atoms with E-state index in [9.17, 15) is 20.0 Å². The Hall–Kier alpha value is -1.86. The highest BCUT2D eigenvalue weighted by atomic mass is 35.5. The van der Waals surface area contributed by atoms with Crippen LogP contribution in [0.15, 0.2) is 12.1 Å². The van der Waals surface area contributed by atoms with Gasteiger partial charge in [0.2, 0.25) is 0 Å². The Labute approximate surface area is 126 Å². The molecule has 8 heteroatoms. The number of rotatable bonds is 4. The Kier molecular flexibility index (Phi) is 4.64. The van der Waals surface area contributed by atoms with E-state index in [-0.39, 0.29) is 22.4 Å². The topological polar surface area (TPSA) is 92.9 Å². The number of non-ortho nitro benzene ring substituents is 1. The third-order valence-electron chi connectivity index (χ3n) is 3.58. The number of ether oxygens (including phenoxy) is 1. The van der Waals surface area contributed by atoms with Gasteiger partial charge in [0.25, 0.3) is 5.69 Å². The SMILES string of the molecule is COC1CCN(c2c(Cl)cc([N+](=O)[O-])cc2C(=O)O)CC1. The van der Waals surface area contributed by atoms with Gasteiger partial charge < -0.3 is 14.7 Å². The fourth-order valence-electron chi connectivity index (χ4n) is 2.49. The molecule has 21 heavy (non-hydrogen) atoms. The molecule has 1 aromatic rings. The van der Waals surface area contributed by atoms with Crippen molar-refractivity contribution in [3.05, 3.63) is 32.8 Å². The second-order valence-electron chi connectivity index (χ2n) is 4.81. The van der Waals surface area contributed by atoms with Gasteiger partial charge in [-0.15, -0.1) is 0 Å². The molecule has 0 amide bonds. The first-order valence-corrected chi connectivity index (χ1v) is 6.80. The molecule has 114 valence electrons. The molecule has 0 bridgehead atoms. The zero-order valence-electron chi connectivity index (χ0n) is 11.4. The van der Waals surface area contributed by atoms with Crippen molar-refractivity contribution in [2.45, 2.75) is 18.9 Å². The normalized spacial score (nSPS) is 16.0. The van der Waals surface area contributed by atoms with Gasteiger partial charge >= 0.3 is 5.97 Å². The van der Waals surface area contributed by atoms with Crippen LogP contribution in [-0.4, -0.2) is 42.3 Å². The predicted octanol–water partition coefficient (Wildman–Crippen LogP) is 2.56. The summed E-state index contributed by atoms with van der Waals surface area (Å²) in [6.45, 7) is 1.19. The molecule has 1 saturated heterocycles. The molecule has 0 atom stereocenters. The number of nitro benzene ring substituents is 1. The predicted molar refractivity (Wildman–Crippen MR) is 77.3 cm³/mol. The molecule has 7 nitrogen and oxygen atoms in total. The van der Waals surface area contributed by atoms with Gasteiger partial charge in [-0.3, -0.25) is 10.1 Å². The highest BCUT2D eigenvalue weighted by Gasteiger charge is 2.27. The summed E-state index contributed by atoms with van der Waals surface area (Å²) in [5.74, 6) is -1.23. The fourth-order valence-corrected chi connectivity index (χ4v) is 2.82. The standard InChI is InChI=1S/C13H15ClN2O5/c1-21-9-2-4-15(5-3-9)12-10(13(17)18)6-8(16(19)20)7-11(12)14/h6-7,9H,2-5H2,1H3,(H,17,18). The molecule has 0 aromatic heterocycles. The molecule has 1 aliphatic heterocycles. The minimum atomic E-state index is -1.23. The number of nitrogens with zero attached hydrogens (tertiary/aromatic N) is 2. The average molecular weight is 315 g/mol. The van der Waals surface area contributed by atoms with Crippen LogP contribution >= 0.6 is 11.6 Å². The van der Waals surface area contributed by atoms with Crippen molar-refractivity contribution in [3.8, 4) is 0 Å². The van der Waals surface area contributed by atoms with Gasteiger partial charge in [-0.25, -0.2) is 4.79 Å².